The molecule has 248 valence electrons. The van der Waals surface area contributed by atoms with Gasteiger partial charge in [-0.05, 0) is 39.0 Å². The maximum Gasteiger partial charge on any atom is 0.435 e. The molecule has 2 N–H and O–H groups in total. The average molecular weight is 708 g/mol. The SMILES string of the molecule is CC1(C(=O)O)CC(C(=O)O)=NN1c1ccc(Cl)cc1Cl.Cn1nc(C(F)(F)F)c(CS(=O)(=O)C2=NOC(C)(C)C2)c1OC(F)F. The van der Waals surface area contributed by atoms with Crippen LogP contribution in [-0.2, 0) is 43.2 Å². The van der Waals surface area contributed by atoms with E-state index in [1.807, 2.05) is 0 Å². The zero-order valence-corrected chi connectivity index (χ0v) is 25.9. The Kier molecular flexibility index (Phi) is 10.0. The molecule has 0 saturated carbocycles. The molecule has 0 radical (unpaired) electrons. The number of anilines is 1. The quantitative estimate of drug-likeness (QED) is 0.375. The van der Waals surface area contributed by atoms with Gasteiger partial charge in [-0.1, -0.05) is 28.4 Å². The molecule has 2 aliphatic rings. The number of hydrogen-bond acceptors (Lipinski definition) is 10. The van der Waals surface area contributed by atoms with Crippen LogP contribution < -0.4 is 9.75 Å². The van der Waals surface area contributed by atoms with Crippen molar-refractivity contribution in [2.75, 3.05) is 5.01 Å². The predicted octanol–water partition coefficient (Wildman–Crippen LogP) is 4.95. The van der Waals surface area contributed by atoms with Crippen LogP contribution in [0.4, 0.5) is 27.6 Å². The normalized spacial score (nSPS) is 19.4. The number of oxime groups is 1. The molecule has 1 unspecified atom stereocenters. The lowest BCUT2D eigenvalue weighted by Gasteiger charge is -2.30. The Labute approximate surface area is 261 Å². The second-order valence-corrected chi connectivity index (χ2v) is 13.3. The first-order valence-electron chi connectivity index (χ1n) is 12.3. The van der Waals surface area contributed by atoms with Gasteiger partial charge >= 0.3 is 24.7 Å². The third kappa shape index (κ3) is 7.93. The van der Waals surface area contributed by atoms with E-state index in [1.54, 1.807) is 0 Å². The molecule has 13 nitrogen and oxygen atoms in total. The highest BCUT2D eigenvalue weighted by Gasteiger charge is 2.48. The number of nitrogens with zero attached hydrogens (tertiary/aromatic N) is 5. The Morgan fingerprint density at radius 3 is 2.24 bits per heavy atom. The maximum atomic E-state index is 13.1. The fourth-order valence-corrected chi connectivity index (χ4v) is 6.12. The van der Waals surface area contributed by atoms with Gasteiger partial charge in [-0.2, -0.15) is 32.2 Å². The molecule has 1 aromatic carbocycles. The topological polar surface area (TPSA) is 173 Å². The number of halogens is 7. The number of benzene rings is 1. The van der Waals surface area contributed by atoms with Crippen molar-refractivity contribution in [3.05, 3.63) is 39.5 Å². The van der Waals surface area contributed by atoms with Gasteiger partial charge in [-0.3, -0.25) is 0 Å². The first-order valence-corrected chi connectivity index (χ1v) is 14.7. The number of sulfone groups is 1. The number of aryl methyl sites for hydroxylation is 1. The van der Waals surface area contributed by atoms with E-state index in [4.69, 9.17) is 33.1 Å². The number of carboxylic acids is 2. The molecule has 0 spiro atoms. The molecular weight excluding hydrogens is 684 g/mol. The van der Waals surface area contributed by atoms with Crippen molar-refractivity contribution in [3.63, 3.8) is 0 Å². The Morgan fingerprint density at radius 2 is 1.78 bits per heavy atom. The summed E-state index contributed by atoms with van der Waals surface area (Å²) in [5, 5.41) is 29.9. The molecule has 45 heavy (non-hydrogen) atoms. The van der Waals surface area contributed by atoms with E-state index in [2.05, 4.69) is 20.1 Å². The smallest absolute Gasteiger partial charge is 0.435 e. The molecule has 1 aromatic heterocycles. The number of rotatable bonds is 7. The minimum Gasteiger partial charge on any atom is -0.479 e. The summed E-state index contributed by atoms with van der Waals surface area (Å²) in [6, 6.07) is 4.47. The highest BCUT2D eigenvalue weighted by molar-refractivity contribution is 8.05. The molecule has 0 amide bonds. The van der Waals surface area contributed by atoms with Gasteiger partial charge in [-0.25, -0.2) is 27.7 Å². The Bertz CT molecular complexity index is 1680. The minimum atomic E-state index is -5.06. The highest BCUT2D eigenvalue weighted by Crippen LogP contribution is 2.39. The van der Waals surface area contributed by atoms with Gasteiger partial charge in [0, 0.05) is 24.9 Å². The van der Waals surface area contributed by atoms with Crippen LogP contribution in [-0.4, -0.2) is 68.9 Å². The Balaban J connectivity index is 0.000000251. The summed E-state index contributed by atoms with van der Waals surface area (Å²) in [5.41, 5.74) is -5.02. The van der Waals surface area contributed by atoms with E-state index >= 15 is 0 Å². The monoisotopic (exact) mass is 707 g/mol. The second kappa shape index (κ2) is 12.6. The van der Waals surface area contributed by atoms with Crippen molar-refractivity contribution in [3.8, 4) is 5.88 Å². The summed E-state index contributed by atoms with van der Waals surface area (Å²) in [6.07, 6.45) is -5.45. The van der Waals surface area contributed by atoms with Gasteiger partial charge in [0.1, 0.15) is 11.3 Å². The number of carbonyl (C=O) groups is 2. The van der Waals surface area contributed by atoms with Gasteiger partial charge in [0.25, 0.3) is 0 Å². The number of carboxylic acid groups (broad SMARTS) is 2. The van der Waals surface area contributed by atoms with Crippen molar-refractivity contribution in [2.24, 2.45) is 17.3 Å². The van der Waals surface area contributed by atoms with E-state index in [1.165, 1.54) is 39.0 Å². The summed E-state index contributed by atoms with van der Waals surface area (Å²) >= 11 is 11.8. The first kappa shape index (κ1) is 35.8. The molecule has 4 rings (SSSR count). The Morgan fingerprint density at radius 1 is 1.16 bits per heavy atom. The second-order valence-electron chi connectivity index (χ2n) is 10.4. The number of hydrogen-bond donors (Lipinski definition) is 2. The molecule has 0 fully saturated rings. The van der Waals surface area contributed by atoms with Gasteiger partial charge in [0.15, 0.2) is 26.1 Å². The molecule has 0 saturated heterocycles. The minimum absolute atomic E-state index is 0.165. The predicted molar refractivity (Wildman–Crippen MR) is 149 cm³/mol. The lowest BCUT2D eigenvalue weighted by molar-refractivity contribution is -0.143. The van der Waals surface area contributed by atoms with E-state index in [0.29, 0.717) is 9.70 Å². The van der Waals surface area contributed by atoms with Crippen LogP contribution in [0.25, 0.3) is 0 Å². The molecular formula is C24H24Cl2F5N5O8S. The fourth-order valence-electron chi connectivity index (χ4n) is 4.11. The number of ether oxygens (including phenoxy) is 1. The van der Waals surface area contributed by atoms with E-state index in [0.717, 1.165) is 12.1 Å². The molecule has 0 bridgehead atoms. The Hall–Kier alpha value is -3.71. The van der Waals surface area contributed by atoms with Crippen molar-refractivity contribution in [1.82, 2.24) is 9.78 Å². The highest BCUT2D eigenvalue weighted by atomic mass is 35.5. The summed E-state index contributed by atoms with van der Waals surface area (Å²) in [6.45, 7) is 1.01. The fraction of sp³-hybridized carbons (Fsp3) is 0.458. The largest absolute Gasteiger partial charge is 0.479 e. The van der Waals surface area contributed by atoms with E-state index < -0.39 is 73.6 Å². The third-order valence-electron chi connectivity index (χ3n) is 6.27. The van der Waals surface area contributed by atoms with Crippen LogP contribution >= 0.6 is 23.2 Å². The molecule has 3 heterocycles. The zero-order chi connectivity index (χ0) is 34.3. The van der Waals surface area contributed by atoms with Crippen LogP contribution in [0.2, 0.25) is 10.0 Å². The number of hydrazone groups is 1. The van der Waals surface area contributed by atoms with Crippen LogP contribution in [0, 0.1) is 0 Å². The van der Waals surface area contributed by atoms with Gasteiger partial charge < -0.3 is 19.8 Å². The molecule has 21 heteroatoms. The molecule has 2 aromatic rings. The van der Waals surface area contributed by atoms with Crippen molar-refractivity contribution >= 4 is 61.4 Å². The standard InChI is InChI=1S/C12H10Cl2N2O4.C12H14F5N3O4S/c1-12(11(19)20)5-8(10(17)18)15-16(12)9-3-2-6(13)4-7(9)14;1-11(2)4-7(19-24-11)25(21,22)5-6-8(12(15,16)17)18-20(3)9(6)23-10(13)14/h2-4H,5H2,1H3,(H,17,18)(H,19,20);10H,4-5H2,1-3H3. The van der Waals surface area contributed by atoms with Gasteiger partial charge in [0.2, 0.25) is 5.88 Å². The van der Waals surface area contributed by atoms with Crippen molar-refractivity contribution in [1.29, 1.82) is 0 Å². The summed E-state index contributed by atoms with van der Waals surface area (Å²) in [7, 11) is -3.43. The van der Waals surface area contributed by atoms with E-state index in [-0.39, 0.29) is 29.3 Å². The van der Waals surface area contributed by atoms with Crippen molar-refractivity contribution in [2.45, 2.75) is 63.3 Å². The summed E-state index contributed by atoms with van der Waals surface area (Å²) in [4.78, 5) is 27.4. The lowest BCUT2D eigenvalue weighted by atomic mass is 9.95. The first-order chi connectivity index (χ1) is 20.5. The number of alkyl halides is 5. The van der Waals surface area contributed by atoms with Crippen LogP contribution in [0.3, 0.4) is 0 Å². The van der Waals surface area contributed by atoms with Crippen LogP contribution in [0.15, 0.2) is 28.5 Å². The number of aliphatic carboxylic acids is 2. The molecule has 1 atom stereocenters. The lowest BCUT2D eigenvalue weighted by Crippen LogP contribution is -2.47. The van der Waals surface area contributed by atoms with Gasteiger partial charge in [-0.15, -0.1) is 0 Å². The molecule has 0 aliphatic carbocycles. The van der Waals surface area contributed by atoms with Gasteiger partial charge in [0.05, 0.1) is 22.0 Å². The third-order valence-corrected chi connectivity index (χ3v) is 8.41. The summed E-state index contributed by atoms with van der Waals surface area (Å²) < 4.78 is 93.4. The zero-order valence-electron chi connectivity index (χ0n) is 23.6. The maximum absolute atomic E-state index is 13.1. The van der Waals surface area contributed by atoms with Crippen LogP contribution in [0.5, 0.6) is 5.88 Å². The molecule has 2 aliphatic heterocycles. The van der Waals surface area contributed by atoms with Crippen LogP contribution in [0.1, 0.15) is 44.9 Å². The van der Waals surface area contributed by atoms with Crippen molar-refractivity contribution < 1.29 is 59.7 Å². The average Bonchev–Trinajstić information content (AvgIpc) is 3.54. The van der Waals surface area contributed by atoms with E-state index in [9.17, 15) is 45.1 Å². The summed E-state index contributed by atoms with van der Waals surface area (Å²) in [5.74, 6) is -4.69. The number of aromatic nitrogens is 2.